The maximum Gasteiger partial charge on any atom is 0.129 e. The number of aldehydes is 1. The van der Waals surface area contributed by atoms with E-state index in [1.165, 1.54) is 0 Å². The molecule has 0 unspecified atom stereocenters. The Labute approximate surface area is 71.9 Å². The van der Waals surface area contributed by atoms with Crippen molar-refractivity contribution in [3.8, 4) is 0 Å². The van der Waals surface area contributed by atoms with Gasteiger partial charge in [0.2, 0.25) is 0 Å². The molecule has 0 spiro atoms. The van der Waals surface area contributed by atoms with E-state index in [4.69, 9.17) is 0 Å². The maximum atomic E-state index is 10.6. The molecular formula is C9H12N2O. The summed E-state index contributed by atoms with van der Waals surface area (Å²) in [6.45, 7) is 3.74. The van der Waals surface area contributed by atoms with E-state index in [1.807, 2.05) is 13.8 Å². The van der Waals surface area contributed by atoms with E-state index in [2.05, 4.69) is 9.97 Å². The molecule has 64 valence electrons. The smallest absolute Gasteiger partial charge is 0.129 e. The van der Waals surface area contributed by atoms with Crippen molar-refractivity contribution in [1.29, 1.82) is 0 Å². The first-order valence-electron chi connectivity index (χ1n) is 3.86. The second-order valence-corrected chi connectivity index (χ2v) is 3.45. The lowest BCUT2D eigenvalue weighted by Gasteiger charge is -2.14. The van der Waals surface area contributed by atoms with Crippen LogP contribution in [0.3, 0.4) is 0 Å². The Kier molecular flexibility index (Phi) is 2.53. The monoisotopic (exact) mass is 164 g/mol. The van der Waals surface area contributed by atoms with Crippen molar-refractivity contribution in [1.82, 2.24) is 9.97 Å². The van der Waals surface area contributed by atoms with Crippen LogP contribution in [0.1, 0.15) is 19.7 Å². The van der Waals surface area contributed by atoms with Crippen molar-refractivity contribution in [2.45, 2.75) is 20.3 Å². The highest BCUT2D eigenvalue weighted by atomic mass is 16.1. The van der Waals surface area contributed by atoms with Crippen LogP contribution in [-0.2, 0) is 11.2 Å². The Balaban J connectivity index is 2.70. The molecule has 3 nitrogen and oxygen atoms in total. The third-order valence-electron chi connectivity index (χ3n) is 1.55. The van der Waals surface area contributed by atoms with Crippen LogP contribution >= 0.6 is 0 Å². The predicted octanol–water partition coefficient (Wildman–Crippen LogP) is 1.24. The van der Waals surface area contributed by atoms with Gasteiger partial charge < -0.3 is 4.79 Å². The SMILES string of the molecule is CC(C)(C=O)Cc1ncccn1. The Morgan fingerprint density at radius 2 is 2.00 bits per heavy atom. The first-order valence-corrected chi connectivity index (χ1v) is 3.86. The zero-order valence-corrected chi connectivity index (χ0v) is 7.32. The predicted molar refractivity (Wildman–Crippen MR) is 45.6 cm³/mol. The summed E-state index contributed by atoms with van der Waals surface area (Å²) in [5, 5.41) is 0. The van der Waals surface area contributed by atoms with Gasteiger partial charge in [-0.3, -0.25) is 0 Å². The van der Waals surface area contributed by atoms with Gasteiger partial charge in [-0.05, 0) is 6.07 Å². The third-order valence-corrected chi connectivity index (χ3v) is 1.55. The Morgan fingerprint density at radius 1 is 1.42 bits per heavy atom. The molecule has 0 saturated heterocycles. The van der Waals surface area contributed by atoms with Crippen molar-refractivity contribution >= 4 is 6.29 Å². The van der Waals surface area contributed by atoms with Crippen LogP contribution in [0.2, 0.25) is 0 Å². The third kappa shape index (κ3) is 2.42. The summed E-state index contributed by atoms with van der Waals surface area (Å²) in [6, 6.07) is 1.76. The highest BCUT2D eigenvalue weighted by molar-refractivity contribution is 5.58. The molecule has 1 rings (SSSR count). The molecule has 1 aromatic heterocycles. The van der Waals surface area contributed by atoms with Crippen LogP contribution in [0.25, 0.3) is 0 Å². The van der Waals surface area contributed by atoms with Crippen LogP contribution in [0.5, 0.6) is 0 Å². The lowest BCUT2D eigenvalue weighted by atomic mass is 9.91. The first-order chi connectivity index (χ1) is 5.64. The van der Waals surface area contributed by atoms with E-state index in [0.29, 0.717) is 6.42 Å². The first kappa shape index (κ1) is 8.84. The minimum absolute atomic E-state index is 0.360. The highest BCUT2D eigenvalue weighted by Gasteiger charge is 2.18. The van der Waals surface area contributed by atoms with Crippen LogP contribution in [0.15, 0.2) is 18.5 Å². The van der Waals surface area contributed by atoms with Crippen LogP contribution in [-0.4, -0.2) is 16.3 Å². The Hall–Kier alpha value is -1.25. The van der Waals surface area contributed by atoms with Gasteiger partial charge in [0.15, 0.2) is 0 Å². The summed E-state index contributed by atoms with van der Waals surface area (Å²) in [7, 11) is 0. The number of hydrogen-bond acceptors (Lipinski definition) is 3. The van der Waals surface area contributed by atoms with Crippen molar-refractivity contribution in [3.05, 3.63) is 24.3 Å². The molecule has 0 aliphatic heterocycles. The van der Waals surface area contributed by atoms with E-state index in [-0.39, 0.29) is 5.41 Å². The zero-order chi connectivity index (χ0) is 9.03. The van der Waals surface area contributed by atoms with Gasteiger partial charge in [0, 0.05) is 24.2 Å². The number of aromatic nitrogens is 2. The second kappa shape index (κ2) is 3.43. The summed E-state index contributed by atoms with van der Waals surface area (Å²) >= 11 is 0. The van der Waals surface area contributed by atoms with Crippen molar-refractivity contribution in [2.75, 3.05) is 0 Å². The van der Waals surface area contributed by atoms with Gasteiger partial charge in [-0.25, -0.2) is 9.97 Å². The van der Waals surface area contributed by atoms with Gasteiger partial charge in [0.1, 0.15) is 12.1 Å². The standard InChI is InChI=1S/C9H12N2O/c1-9(2,7-12)6-8-10-4-3-5-11-8/h3-5,7H,6H2,1-2H3. The molecule has 0 aromatic carbocycles. The second-order valence-electron chi connectivity index (χ2n) is 3.45. The normalized spacial score (nSPS) is 11.2. The van der Waals surface area contributed by atoms with Crippen molar-refractivity contribution < 1.29 is 4.79 Å². The maximum absolute atomic E-state index is 10.6. The van der Waals surface area contributed by atoms with Gasteiger partial charge >= 0.3 is 0 Å². The molecule has 0 radical (unpaired) electrons. The molecule has 1 heterocycles. The van der Waals surface area contributed by atoms with Crippen molar-refractivity contribution in [2.24, 2.45) is 5.41 Å². The lowest BCUT2D eigenvalue weighted by Crippen LogP contribution is -2.17. The van der Waals surface area contributed by atoms with Crippen LogP contribution in [0, 0.1) is 5.41 Å². The molecular weight excluding hydrogens is 152 g/mol. The number of carbonyl (C=O) groups is 1. The molecule has 3 heteroatoms. The Morgan fingerprint density at radius 3 is 2.50 bits per heavy atom. The summed E-state index contributed by atoms with van der Waals surface area (Å²) in [5.74, 6) is 0.717. The van der Waals surface area contributed by atoms with E-state index < -0.39 is 0 Å². The number of rotatable bonds is 3. The molecule has 1 aromatic rings. The molecule has 12 heavy (non-hydrogen) atoms. The average Bonchev–Trinajstić information content (AvgIpc) is 2.06. The lowest BCUT2D eigenvalue weighted by molar-refractivity contribution is -0.114. The molecule has 0 fully saturated rings. The molecule has 0 saturated carbocycles. The quantitative estimate of drug-likeness (QED) is 0.631. The topological polar surface area (TPSA) is 42.9 Å². The number of carbonyl (C=O) groups excluding carboxylic acids is 1. The van der Waals surface area contributed by atoms with Gasteiger partial charge in [0.05, 0.1) is 0 Å². The fraction of sp³-hybridized carbons (Fsp3) is 0.444. The molecule has 0 aliphatic carbocycles. The van der Waals surface area contributed by atoms with Crippen LogP contribution in [0.4, 0.5) is 0 Å². The summed E-state index contributed by atoms with van der Waals surface area (Å²) < 4.78 is 0. The molecule has 0 N–H and O–H groups in total. The fourth-order valence-corrected chi connectivity index (χ4v) is 0.870. The fourth-order valence-electron chi connectivity index (χ4n) is 0.870. The Bertz CT molecular complexity index is 256. The van der Waals surface area contributed by atoms with Crippen LogP contribution < -0.4 is 0 Å². The average molecular weight is 164 g/mol. The minimum atomic E-state index is -0.360. The van der Waals surface area contributed by atoms with E-state index >= 15 is 0 Å². The zero-order valence-electron chi connectivity index (χ0n) is 7.32. The van der Waals surface area contributed by atoms with E-state index in [9.17, 15) is 4.79 Å². The summed E-state index contributed by atoms with van der Waals surface area (Å²) in [4.78, 5) is 18.7. The highest BCUT2D eigenvalue weighted by Crippen LogP contribution is 2.15. The number of hydrogen-bond donors (Lipinski definition) is 0. The molecule has 0 amide bonds. The van der Waals surface area contributed by atoms with Crippen molar-refractivity contribution in [3.63, 3.8) is 0 Å². The summed E-state index contributed by atoms with van der Waals surface area (Å²) in [5.41, 5.74) is -0.360. The molecule has 0 atom stereocenters. The van der Waals surface area contributed by atoms with Gasteiger partial charge in [0.25, 0.3) is 0 Å². The molecule has 0 aliphatic rings. The molecule has 0 bridgehead atoms. The van der Waals surface area contributed by atoms with Gasteiger partial charge in [-0.2, -0.15) is 0 Å². The largest absolute Gasteiger partial charge is 0.303 e. The minimum Gasteiger partial charge on any atom is -0.303 e. The van der Waals surface area contributed by atoms with E-state index in [1.54, 1.807) is 18.5 Å². The summed E-state index contributed by atoms with van der Waals surface area (Å²) in [6.07, 6.45) is 4.90. The van der Waals surface area contributed by atoms with E-state index in [0.717, 1.165) is 12.1 Å². The van der Waals surface area contributed by atoms with Gasteiger partial charge in [-0.15, -0.1) is 0 Å². The number of nitrogens with zero attached hydrogens (tertiary/aromatic N) is 2. The van der Waals surface area contributed by atoms with Gasteiger partial charge in [-0.1, -0.05) is 13.8 Å².